The summed E-state index contributed by atoms with van der Waals surface area (Å²) in [5, 5.41) is 6.96. The number of rotatable bonds is 6. The molecule has 1 amide bonds. The molecule has 0 radical (unpaired) electrons. The van der Waals surface area contributed by atoms with E-state index in [4.69, 9.17) is 33.3 Å². The van der Waals surface area contributed by atoms with Crippen LogP contribution in [0.5, 0.6) is 5.75 Å². The van der Waals surface area contributed by atoms with Crippen LogP contribution in [-0.2, 0) is 4.74 Å². The highest BCUT2D eigenvalue weighted by Gasteiger charge is 2.12. The van der Waals surface area contributed by atoms with Crippen molar-refractivity contribution in [2.24, 2.45) is 0 Å². The molecule has 3 aromatic rings. The molecule has 0 atom stereocenters. The van der Waals surface area contributed by atoms with Crippen LogP contribution in [-0.4, -0.2) is 60.4 Å². The number of hydrogen-bond acceptors (Lipinski definition) is 7. The maximum atomic E-state index is 12.3. The summed E-state index contributed by atoms with van der Waals surface area (Å²) in [7, 11) is 0. The average molecular weight is 477 g/mol. The van der Waals surface area contributed by atoms with Gasteiger partial charge < -0.3 is 14.8 Å². The predicted molar refractivity (Wildman–Crippen MR) is 128 cm³/mol. The van der Waals surface area contributed by atoms with Gasteiger partial charge >= 0.3 is 0 Å². The summed E-state index contributed by atoms with van der Waals surface area (Å²) in [5.74, 6) is 0.487. The number of thiazole rings is 1. The molecular formula is C21H21ClN4O3S2. The third-order valence-corrected chi connectivity index (χ3v) is 6.08. The number of carbonyl (C=O) groups is 1. The number of carbonyl (C=O) groups excluding carboxylic acids is 1. The molecule has 2 heterocycles. The van der Waals surface area contributed by atoms with Gasteiger partial charge in [0.1, 0.15) is 12.4 Å². The molecule has 10 heteroatoms. The van der Waals surface area contributed by atoms with Crippen molar-refractivity contribution in [1.29, 1.82) is 0 Å². The Kier molecular flexibility index (Phi) is 7.31. The number of fused-ring (bicyclic) bond motifs is 1. The third kappa shape index (κ3) is 6.11. The van der Waals surface area contributed by atoms with E-state index in [1.165, 1.54) is 11.3 Å². The highest BCUT2D eigenvalue weighted by molar-refractivity contribution is 7.80. The first-order valence-electron chi connectivity index (χ1n) is 9.78. The van der Waals surface area contributed by atoms with Crippen LogP contribution in [0.25, 0.3) is 10.2 Å². The lowest BCUT2D eigenvalue weighted by molar-refractivity contribution is 0.0322. The number of amides is 1. The number of hydrogen-bond donors (Lipinski definition) is 2. The van der Waals surface area contributed by atoms with E-state index in [2.05, 4.69) is 20.5 Å². The second kappa shape index (κ2) is 10.3. The number of aromatic nitrogens is 1. The van der Waals surface area contributed by atoms with Crippen molar-refractivity contribution in [3.05, 3.63) is 53.1 Å². The number of anilines is 1. The molecular weight excluding hydrogens is 456 g/mol. The van der Waals surface area contributed by atoms with E-state index in [1.807, 2.05) is 18.2 Å². The zero-order valence-electron chi connectivity index (χ0n) is 16.6. The van der Waals surface area contributed by atoms with Crippen molar-refractivity contribution in [2.75, 3.05) is 44.8 Å². The van der Waals surface area contributed by atoms with E-state index in [0.717, 1.165) is 48.8 Å². The van der Waals surface area contributed by atoms with Gasteiger partial charge in [0.15, 0.2) is 10.2 Å². The van der Waals surface area contributed by atoms with Crippen molar-refractivity contribution in [1.82, 2.24) is 15.2 Å². The second-order valence-electron chi connectivity index (χ2n) is 6.87. The Balaban J connectivity index is 1.31. The second-order valence-corrected chi connectivity index (χ2v) is 8.74. The number of ether oxygens (including phenoxy) is 2. The molecule has 4 rings (SSSR count). The Morgan fingerprint density at radius 3 is 2.77 bits per heavy atom. The fourth-order valence-corrected chi connectivity index (χ4v) is 4.35. The van der Waals surface area contributed by atoms with E-state index in [-0.39, 0.29) is 11.0 Å². The smallest absolute Gasteiger partial charge is 0.257 e. The minimum Gasteiger partial charge on any atom is -0.492 e. The van der Waals surface area contributed by atoms with Gasteiger partial charge in [0, 0.05) is 30.2 Å². The number of halogens is 1. The topological polar surface area (TPSA) is 75.7 Å². The maximum absolute atomic E-state index is 12.3. The van der Waals surface area contributed by atoms with Crippen molar-refractivity contribution in [3.63, 3.8) is 0 Å². The highest BCUT2D eigenvalue weighted by atomic mass is 35.5. The van der Waals surface area contributed by atoms with Crippen molar-refractivity contribution < 1.29 is 14.3 Å². The lowest BCUT2D eigenvalue weighted by atomic mass is 10.2. The summed E-state index contributed by atoms with van der Waals surface area (Å²) in [6.45, 7) is 4.95. The SMILES string of the molecule is O=C(NC(=S)Nc1nc2ccc(OCCN3CCOCC3)cc2s1)c1ccc(Cl)cc1. The first-order valence-corrected chi connectivity index (χ1v) is 11.4. The molecule has 0 saturated carbocycles. The molecule has 2 N–H and O–H groups in total. The van der Waals surface area contributed by atoms with Crippen LogP contribution in [0.3, 0.4) is 0 Å². The quantitative estimate of drug-likeness (QED) is 0.524. The van der Waals surface area contributed by atoms with Crippen LogP contribution < -0.4 is 15.4 Å². The Hall–Kier alpha value is -2.30. The van der Waals surface area contributed by atoms with Gasteiger partial charge in [0.25, 0.3) is 5.91 Å². The molecule has 31 heavy (non-hydrogen) atoms. The van der Waals surface area contributed by atoms with E-state index >= 15 is 0 Å². The molecule has 1 aliphatic rings. The van der Waals surface area contributed by atoms with Gasteiger partial charge in [-0.25, -0.2) is 4.98 Å². The van der Waals surface area contributed by atoms with Gasteiger partial charge in [-0.1, -0.05) is 22.9 Å². The molecule has 0 aliphatic carbocycles. The average Bonchev–Trinajstić information content (AvgIpc) is 3.16. The number of nitrogens with zero attached hydrogens (tertiary/aromatic N) is 2. The number of benzene rings is 2. The largest absolute Gasteiger partial charge is 0.492 e. The van der Waals surface area contributed by atoms with Gasteiger partial charge in [0.05, 0.1) is 23.4 Å². The van der Waals surface area contributed by atoms with E-state index < -0.39 is 0 Å². The van der Waals surface area contributed by atoms with Crippen molar-refractivity contribution >= 4 is 61.5 Å². The van der Waals surface area contributed by atoms with Crippen molar-refractivity contribution in [3.8, 4) is 5.75 Å². The Morgan fingerprint density at radius 2 is 2.00 bits per heavy atom. The van der Waals surface area contributed by atoms with E-state index in [1.54, 1.807) is 24.3 Å². The molecule has 1 fully saturated rings. The zero-order chi connectivity index (χ0) is 21.6. The van der Waals surface area contributed by atoms with Crippen LogP contribution in [0.2, 0.25) is 5.02 Å². The molecule has 1 saturated heterocycles. The van der Waals surface area contributed by atoms with Crippen LogP contribution >= 0.6 is 35.2 Å². The summed E-state index contributed by atoms with van der Waals surface area (Å²) in [6, 6.07) is 12.4. The van der Waals surface area contributed by atoms with E-state index in [9.17, 15) is 4.79 Å². The lowest BCUT2D eigenvalue weighted by Gasteiger charge is -2.26. The van der Waals surface area contributed by atoms with Crippen LogP contribution in [0.1, 0.15) is 10.4 Å². The normalized spacial score (nSPS) is 14.4. The third-order valence-electron chi connectivity index (χ3n) is 4.69. The number of nitrogens with one attached hydrogen (secondary N) is 2. The fraction of sp³-hybridized carbons (Fsp3) is 0.286. The molecule has 0 unspecified atom stereocenters. The highest BCUT2D eigenvalue weighted by Crippen LogP contribution is 2.29. The van der Waals surface area contributed by atoms with Gasteiger partial charge in [-0.3, -0.25) is 15.0 Å². The molecule has 0 bridgehead atoms. The lowest BCUT2D eigenvalue weighted by Crippen LogP contribution is -2.38. The molecule has 2 aromatic carbocycles. The summed E-state index contributed by atoms with van der Waals surface area (Å²) in [4.78, 5) is 19.1. The predicted octanol–water partition coefficient (Wildman–Crippen LogP) is 3.79. The van der Waals surface area contributed by atoms with Gasteiger partial charge in [-0.2, -0.15) is 0 Å². The first kappa shape index (κ1) is 21.9. The number of thiocarbonyl (C=S) groups is 1. The standard InChI is InChI=1S/C21H21ClN4O3S2/c22-15-3-1-14(2-4-15)19(27)24-20(30)25-21-23-17-6-5-16(13-18(17)31-21)29-12-9-26-7-10-28-11-8-26/h1-6,13H,7-12H2,(H2,23,24,25,27,30). The Labute approximate surface area is 194 Å². The van der Waals surface area contributed by atoms with Gasteiger partial charge in [-0.05, 0) is 54.7 Å². The Bertz CT molecular complexity index is 1070. The Morgan fingerprint density at radius 1 is 1.23 bits per heavy atom. The zero-order valence-corrected chi connectivity index (χ0v) is 19.0. The van der Waals surface area contributed by atoms with Crippen LogP contribution in [0.15, 0.2) is 42.5 Å². The van der Waals surface area contributed by atoms with Gasteiger partial charge in [0.2, 0.25) is 0 Å². The summed E-state index contributed by atoms with van der Waals surface area (Å²) >= 11 is 12.5. The summed E-state index contributed by atoms with van der Waals surface area (Å²) < 4.78 is 12.2. The van der Waals surface area contributed by atoms with Crippen molar-refractivity contribution in [2.45, 2.75) is 0 Å². The van der Waals surface area contributed by atoms with E-state index in [0.29, 0.717) is 22.3 Å². The minimum absolute atomic E-state index is 0.181. The maximum Gasteiger partial charge on any atom is 0.257 e. The minimum atomic E-state index is -0.314. The van der Waals surface area contributed by atoms with Crippen LogP contribution in [0.4, 0.5) is 5.13 Å². The first-order chi connectivity index (χ1) is 15.1. The summed E-state index contributed by atoms with van der Waals surface area (Å²) in [6.07, 6.45) is 0. The van der Waals surface area contributed by atoms with Crippen LogP contribution in [0, 0.1) is 0 Å². The number of morpholine rings is 1. The molecule has 1 aliphatic heterocycles. The summed E-state index contributed by atoms with van der Waals surface area (Å²) in [5.41, 5.74) is 1.30. The fourth-order valence-electron chi connectivity index (χ4n) is 3.07. The molecule has 1 aromatic heterocycles. The molecule has 0 spiro atoms. The van der Waals surface area contributed by atoms with Gasteiger partial charge in [-0.15, -0.1) is 0 Å². The molecule has 7 nitrogen and oxygen atoms in total. The molecule has 162 valence electrons. The monoisotopic (exact) mass is 476 g/mol.